The van der Waals surface area contributed by atoms with Gasteiger partial charge in [-0.25, -0.2) is 4.39 Å². The standard InChI is InChI=1S/C22H32FN5O.HI/c1-3-18(28-13-5-6-21(28)29)10-12-26-22(24-4-2)25-11-9-16-15-27-20-14-17(23)7-8-19(16)20;/h7-8,14-15,18,27H,3-6,9-13H2,1-2H3,(H2,24,25,26);1H. The molecule has 1 aromatic heterocycles. The minimum Gasteiger partial charge on any atom is -0.361 e. The van der Waals surface area contributed by atoms with Crippen LogP contribution in [0.25, 0.3) is 10.9 Å². The molecular weight excluding hydrogens is 496 g/mol. The fourth-order valence-electron chi connectivity index (χ4n) is 3.98. The summed E-state index contributed by atoms with van der Waals surface area (Å²) in [5.74, 6) is 0.845. The molecule has 6 nitrogen and oxygen atoms in total. The third-order valence-electron chi connectivity index (χ3n) is 5.51. The molecule has 30 heavy (non-hydrogen) atoms. The Hall–Kier alpha value is -1.84. The van der Waals surface area contributed by atoms with E-state index in [4.69, 9.17) is 0 Å². The van der Waals surface area contributed by atoms with Crippen LogP contribution >= 0.6 is 24.0 Å². The number of aromatic amines is 1. The average Bonchev–Trinajstić information content (AvgIpc) is 3.31. The Kier molecular flexibility index (Phi) is 9.87. The molecule has 0 saturated carbocycles. The van der Waals surface area contributed by atoms with Crippen LogP contribution in [-0.4, -0.2) is 54.0 Å². The topological polar surface area (TPSA) is 72.5 Å². The van der Waals surface area contributed by atoms with Crippen molar-refractivity contribution in [2.24, 2.45) is 4.99 Å². The van der Waals surface area contributed by atoms with Gasteiger partial charge in [0.2, 0.25) is 5.91 Å². The number of carbonyl (C=O) groups excluding carboxylic acids is 1. The Labute approximate surface area is 195 Å². The molecule has 1 unspecified atom stereocenters. The van der Waals surface area contributed by atoms with E-state index < -0.39 is 0 Å². The van der Waals surface area contributed by atoms with Gasteiger partial charge in [0.25, 0.3) is 0 Å². The van der Waals surface area contributed by atoms with Crippen molar-refractivity contribution in [2.75, 3.05) is 26.2 Å². The van der Waals surface area contributed by atoms with Crippen LogP contribution in [0, 0.1) is 5.82 Å². The molecule has 3 rings (SSSR count). The van der Waals surface area contributed by atoms with E-state index in [-0.39, 0.29) is 41.7 Å². The van der Waals surface area contributed by atoms with Crippen molar-refractivity contribution < 1.29 is 9.18 Å². The van der Waals surface area contributed by atoms with E-state index in [1.54, 1.807) is 0 Å². The van der Waals surface area contributed by atoms with Crippen LogP contribution in [0.2, 0.25) is 0 Å². The molecule has 1 saturated heterocycles. The van der Waals surface area contributed by atoms with Crippen molar-refractivity contribution in [3.05, 3.63) is 35.8 Å². The maximum absolute atomic E-state index is 13.3. The summed E-state index contributed by atoms with van der Waals surface area (Å²) in [5.41, 5.74) is 1.98. The number of rotatable bonds is 9. The number of aromatic nitrogens is 1. The zero-order chi connectivity index (χ0) is 20.6. The molecule has 2 heterocycles. The van der Waals surface area contributed by atoms with E-state index in [0.29, 0.717) is 13.0 Å². The van der Waals surface area contributed by atoms with Gasteiger partial charge in [-0.05, 0) is 56.4 Å². The highest BCUT2D eigenvalue weighted by Gasteiger charge is 2.26. The maximum atomic E-state index is 13.3. The van der Waals surface area contributed by atoms with Gasteiger partial charge in [-0.3, -0.25) is 9.79 Å². The van der Waals surface area contributed by atoms with Crippen molar-refractivity contribution in [1.29, 1.82) is 0 Å². The number of carbonyl (C=O) groups is 1. The van der Waals surface area contributed by atoms with Crippen LogP contribution in [0.15, 0.2) is 29.4 Å². The number of nitrogens with one attached hydrogen (secondary N) is 3. The largest absolute Gasteiger partial charge is 0.361 e. The lowest BCUT2D eigenvalue weighted by molar-refractivity contribution is -0.129. The van der Waals surface area contributed by atoms with Crippen molar-refractivity contribution in [3.63, 3.8) is 0 Å². The van der Waals surface area contributed by atoms with Crippen molar-refractivity contribution >= 4 is 46.7 Å². The highest BCUT2D eigenvalue weighted by molar-refractivity contribution is 14.0. The van der Waals surface area contributed by atoms with Crippen molar-refractivity contribution in [2.45, 2.75) is 52.0 Å². The lowest BCUT2D eigenvalue weighted by Crippen LogP contribution is -2.39. The molecule has 1 atom stereocenters. The summed E-state index contributed by atoms with van der Waals surface area (Å²) in [4.78, 5) is 21.8. The molecular formula is C22H33FIN5O. The first-order valence-corrected chi connectivity index (χ1v) is 10.7. The first kappa shape index (κ1) is 24.4. The second-order valence-corrected chi connectivity index (χ2v) is 7.48. The van der Waals surface area contributed by atoms with Crippen LogP contribution in [0.1, 0.15) is 45.1 Å². The van der Waals surface area contributed by atoms with Gasteiger partial charge in [-0.1, -0.05) is 6.92 Å². The summed E-state index contributed by atoms with van der Waals surface area (Å²) in [7, 11) is 0. The number of benzene rings is 1. The lowest BCUT2D eigenvalue weighted by atomic mass is 10.1. The second-order valence-electron chi connectivity index (χ2n) is 7.48. The molecule has 1 amide bonds. The van der Waals surface area contributed by atoms with Gasteiger partial charge in [-0.2, -0.15) is 0 Å². The molecule has 166 valence electrons. The molecule has 0 radical (unpaired) electrons. The number of fused-ring (bicyclic) bond motifs is 1. The smallest absolute Gasteiger partial charge is 0.222 e. The van der Waals surface area contributed by atoms with Crippen LogP contribution in [0.3, 0.4) is 0 Å². The second kappa shape index (κ2) is 12.1. The van der Waals surface area contributed by atoms with E-state index in [0.717, 1.165) is 67.7 Å². The quantitative estimate of drug-likeness (QED) is 0.263. The maximum Gasteiger partial charge on any atom is 0.222 e. The highest BCUT2D eigenvalue weighted by Crippen LogP contribution is 2.20. The van der Waals surface area contributed by atoms with E-state index in [1.807, 2.05) is 24.1 Å². The summed E-state index contributed by atoms with van der Waals surface area (Å²) in [6.45, 7) is 7.27. The zero-order valence-electron chi connectivity index (χ0n) is 17.8. The first-order valence-electron chi connectivity index (χ1n) is 10.7. The predicted octanol–water partition coefficient (Wildman–Crippen LogP) is 3.81. The van der Waals surface area contributed by atoms with Gasteiger partial charge in [0, 0.05) is 55.7 Å². The van der Waals surface area contributed by atoms with Crippen LogP contribution in [0.5, 0.6) is 0 Å². The minimum absolute atomic E-state index is 0. The van der Waals surface area contributed by atoms with E-state index >= 15 is 0 Å². The number of halogens is 2. The number of likely N-dealkylation sites (tertiary alicyclic amines) is 1. The summed E-state index contributed by atoms with van der Waals surface area (Å²) in [6.07, 6.45) is 6.26. The molecule has 0 spiro atoms. The number of aliphatic imine (C=N–C) groups is 1. The fourth-order valence-corrected chi connectivity index (χ4v) is 3.98. The molecule has 3 N–H and O–H groups in total. The predicted molar refractivity (Wildman–Crippen MR) is 131 cm³/mol. The summed E-state index contributed by atoms with van der Waals surface area (Å²) >= 11 is 0. The molecule has 0 bridgehead atoms. The average molecular weight is 529 g/mol. The third-order valence-corrected chi connectivity index (χ3v) is 5.51. The number of guanidine groups is 1. The van der Waals surface area contributed by atoms with Gasteiger partial charge >= 0.3 is 0 Å². The monoisotopic (exact) mass is 529 g/mol. The molecule has 1 aromatic carbocycles. The molecule has 1 aliphatic heterocycles. The Morgan fingerprint density at radius 2 is 2.17 bits per heavy atom. The van der Waals surface area contributed by atoms with Crippen LogP contribution in [-0.2, 0) is 11.2 Å². The van der Waals surface area contributed by atoms with Crippen molar-refractivity contribution in [3.8, 4) is 0 Å². The molecule has 8 heteroatoms. The van der Waals surface area contributed by atoms with Gasteiger partial charge in [0.15, 0.2) is 5.96 Å². The van der Waals surface area contributed by atoms with Gasteiger partial charge in [0.1, 0.15) is 5.82 Å². The minimum atomic E-state index is -0.230. The number of hydrogen-bond acceptors (Lipinski definition) is 2. The fraction of sp³-hybridized carbons (Fsp3) is 0.545. The summed E-state index contributed by atoms with van der Waals surface area (Å²) in [5, 5.41) is 7.71. The van der Waals surface area contributed by atoms with Crippen LogP contribution in [0.4, 0.5) is 4.39 Å². The number of amides is 1. The van der Waals surface area contributed by atoms with E-state index in [2.05, 4.69) is 27.5 Å². The Bertz CT molecular complexity index is 853. The highest BCUT2D eigenvalue weighted by atomic mass is 127. The SMILES string of the molecule is CCNC(=NCCC(CC)N1CCCC1=O)NCCc1c[nH]c2cc(F)ccc12.I. The number of nitrogens with zero attached hydrogens (tertiary/aromatic N) is 2. The zero-order valence-corrected chi connectivity index (χ0v) is 20.2. The van der Waals surface area contributed by atoms with Crippen LogP contribution < -0.4 is 10.6 Å². The third kappa shape index (κ3) is 6.33. The molecule has 1 aliphatic rings. The number of hydrogen-bond donors (Lipinski definition) is 3. The molecule has 2 aromatic rings. The lowest BCUT2D eigenvalue weighted by Gasteiger charge is -2.26. The van der Waals surface area contributed by atoms with Crippen molar-refractivity contribution in [1.82, 2.24) is 20.5 Å². The molecule has 0 aliphatic carbocycles. The first-order chi connectivity index (χ1) is 14.1. The summed E-state index contributed by atoms with van der Waals surface area (Å²) in [6, 6.07) is 5.12. The summed E-state index contributed by atoms with van der Waals surface area (Å²) < 4.78 is 13.3. The normalized spacial score (nSPS) is 15.4. The van der Waals surface area contributed by atoms with Gasteiger partial charge in [0.05, 0.1) is 0 Å². The van der Waals surface area contributed by atoms with E-state index in [1.165, 1.54) is 12.1 Å². The van der Waals surface area contributed by atoms with Gasteiger partial charge < -0.3 is 20.5 Å². The Balaban J connectivity index is 0.00000320. The Morgan fingerprint density at radius 1 is 1.33 bits per heavy atom. The molecule has 1 fully saturated rings. The van der Waals surface area contributed by atoms with E-state index in [9.17, 15) is 9.18 Å². The van der Waals surface area contributed by atoms with Gasteiger partial charge in [-0.15, -0.1) is 24.0 Å². The number of H-pyrrole nitrogens is 1. The Morgan fingerprint density at radius 3 is 2.87 bits per heavy atom.